The molecule has 100 valence electrons. The first-order valence-corrected chi connectivity index (χ1v) is 6.48. The molecule has 2 atom stereocenters. The Hall–Kier alpha value is -1.86. The van der Waals surface area contributed by atoms with Crippen molar-refractivity contribution in [2.45, 2.75) is 31.9 Å². The molecule has 1 saturated heterocycles. The van der Waals surface area contributed by atoms with Gasteiger partial charge in [0.1, 0.15) is 12.4 Å². The SMILES string of the molecule is COC1CCN(c2ccc(C=O)cc2C#N)C(C)C1. The van der Waals surface area contributed by atoms with Gasteiger partial charge in [-0.05, 0) is 38.0 Å². The topological polar surface area (TPSA) is 53.3 Å². The van der Waals surface area contributed by atoms with E-state index in [2.05, 4.69) is 17.9 Å². The molecule has 0 amide bonds. The first kappa shape index (κ1) is 13.6. The maximum atomic E-state index is 10.8. The lowest BCUT2D eigenvalue weighted by Gasteiger charge is -2.39. The minimum atomic E-state index is 0.297. The summed E-state index contributed by atoms with van der Waals surface area (Å²) in [5.41, 5.74) is 2.02. The predicted molar refractivity (Wildman–Crippen MR) is 73.4 cm³/mol. The number of piperidine rings is 1. The van der Waals surface area contributed by atoms with E-state index in [1.807, 2.05) is 6.07 Å². The Bertz CT molecular complexity index is 507. The lowest BCUT2D eigenvalue weighted by atomic mass is 9.98. The van der Waals surface area contributed by atoms with Crippen LogP contribution in [0.1, 0.15) is 35.7 Å². The molecule has 2 rings (SSSR count). The van der Waals surface area contributed by atoms with E-state index >= 15 is 0 Å². The molecule has 0 aliphatic carbocycles. The zero-order valence-electron chi connectivity index (χ0n) is 11.3. The van der Waals surface area contributed by atoms with Gasteiger partial charge in [-0.1, -0.05) is 0 Å². The first-order valence-electron chi connectivity index (χ1n) is 6.48. The zero-order chi connectivity index (χ0) is 13.8. The van der Waals surface area contributed by atoms with E-state index < -0.39 is 0 Å². The van der Waals surface area contributed by atoms with Gasteiger partial charge in [-0.15, -0.1) is 0 Å². The van der Waals surface area contributed by atoms with Crippen LogP contribution in [0, 0.1) is 11.3 Å². The average Bonchev–Trinajstić information content (AvgIpc) is 2.46. The zero-order valence-corrected chi connectivity index (χ0v) is 11.3. The van der Waals surface area contributed by atoms with Crippen LogP contribution in [0.25, 0.3) is 0 Å². The van der Waals surface area contributed by atoms with Gasteiger partial charge in [-0.2, -0.15) is 5.26 Å². The Morgan fingerprint density at radius 1 is 1.53 bits per heavy atom. The lowest BCUT2D eigenvalue weighted by molar-refractivity contribution is 0.0721. The highest BCUT2D eigenvalue weighted by Gasteiger charge is 2.26. The Morgan fingerprint density at radius 3 is 2.89 bits per heavy atom. The third-order valence-electron chi connectivity index (χ3n) is 3.75. The summed E-state index contributed by atoms with van der Waals surface area (Å²) in [6, 6.07) is 7.79. The molecule has 2 unspecified atom stereocenters. The van der Waals surface area contributed by atoms with Crippen molar-refractivity contribution in [3.05, 3.63) is 29.3 Å². The summed E-state index contributed by atoms with van der Waals surface area (Å²) >= 11 is 0. The summed E-state index contributed by atoms with van der Waals surface area (Å²) in [5, 5.41) is 9.24. The van der Waals surface area contributed by atoms with Crippen LogP contribution in [0.2, 0.25) is 0 Å². The van der Waals surface area contributed by atoms with E-state index in [1.54, 1.807) is 19.2 Å². The second-order valence-electron chi connectivity index (χ2n) is 4.93. The molecule has 1 heterocycles. The largest absolute Gasteiger partial charge is 0.381 e. The normalized spacial score (nSPS) is 22.9. The van der Waals surface area contributed by atoms with Crippen LogP contribution >= 0.6 is 0 Å². The summed E-state index contributed by atoms with van der Waals surface area (Å²) in [4.78, 5) is 13.0. The second kappa shape index (κ2) is 5.85. The van der Waals surface area contributed by atoms with Gasteiger partial charge in [0.25, 0.3) is 0 Å². The number of hydrogen-bond donors (Lipinski definition) is 0. The molecular weight excluding hydrogens is 240 g/mol. The number of methoxy groups -OCH3 is 1. The van der Waals surface area contributed by atoms with Crippen LogP contribution < -0.4 is 4.90 Å². The highest BCUT2D eigenvalue weighted by molar-refractivity contribution is 5.78. The third-order valence-corrected chi connectivity index (χ3v) is 3.75. The number of anilines is 1. The van der Waals surface area contributed by atoms with Crippen LogP contribution in [-0.4, -0.2) is 32.1 Å². The van der Waals surface area contributed by atoms with Gasteiger partial charge in [0.2, 0.25) is 0 Å². The fourth-order valence-corrected chi connectivity index (χ4v) is 2.67. The summed E-state index contributed by atoms with van der Waals surface area (Å²) in [5.74, 6) is 0. The van der Waals surface area contributed by atoms with Gasteiger partial charge in [-0.3, -0.25) is 4.79 Å². The predicted octanol–water partition coefficient (Wildman–Crippen LogP) is 2.37. The molecule has 1 fully saturated rings. The molecule has 19 heavy (non-hydrogen) atoms. The fraction of sp³-hybridized carbons (Fsp3) is 0.467. The van der Waals surface area contributed by atoms with E-state index in [-0.39, 0.29) is 0 Å². The number of aldehydes is 1. The molecule has 4 nitrogen and oxygen atoms in total. The van der Waals surface area contributed by atoms with E-state index in [4.69, 9.17) is 4.74 Å². The third kappa shape index (κ3) is 2.77. The van der Waals surface area contributed by atoms with Gasteiger partial charge < -0.3 is 9.64 Å². The molecule has 0 aromatic heterocycles. The number of rotatable bonds is 3. The number of nitrogens with zero attached hydrogens (tertiary/aromatic N) is 2. The molecule has 0 spiro atoms. The van der Waals surface area contributed by atoms with Crippen molar-refractivity contribution in [2.75, 3.05) is 18.6 Å². The highest BCUT2D eigenvalue weighted by atomic mass is 16.5. The van der Waals surface area contributed by atoms with Crippen molar-refractivity contribution in [1.82, 2.24) is 0 Å². The average molecular weight is 258 g/mol. The molecule has 4 heteroatoms. The number of hydrogen-bond acceptors (Lipinski definition) is 4. The van der Waals surface area contributed by atoms with Crippen molar-refractivity contribution >= 4 is 12.0 Å². The highest BCUT2D eigenvalue weighted by Crippen LogP contribution is 2.29. The lowest BCUT2D eigenvalue weighted by Crippen LogP contribution is -2.43. The summed E-state index contributed by atoms with van der Waals surface area (Å²) in [6.45, 7) is 3.01. The smallest absolute Gasteiger partial charge is 0.150 e. The molecule has 0 bridgehead atoms. The number of nitriles is 1. The summed E-state index contributed by atoms with van der Waals surface area (Å²) < 4.78 is 5.40. The minimum Gasteiger partial charge on any atom is -0.381 e. The number of carbonyl (C=O) groups excluding carboxylic acids is 1. The molecule has 1 aliphatic rings. The fourth-order valence-electron chi connectivity index (χ4n) is 2.67. The van der Waals surface area contributed by atoms with Crippen molar-refractivity contribution < 1.29 is 9.53 Å². The maximum Gasteiger partial charge on any atom is 0.150 e. The molecular formula is C15H18N2O2. The molecule has 1 aromatic carbocycles. The summed E-state index contributed by atoms with van der Waals surface area (Å²) in [6.07, 6.45) is 2.98. The standard InChI is InChI=1S/C15H18N2O2/c1-11-7-14(19-2)5-6-17(11)15-4-3-12(10-18)8-13(15)9-16/h3-4,8,10-11,14H,5-7H2,1-2H3. The van der Waals surface area contributed by atoms with Crippen molar-refractivity contribution in [2.24, 2.45) is 0 Å². The van der Waals surface area contributed by atoms with Crippen LogP contribution in [0.3, 0.4) is 0 Å². The van der Waals surface area contributed by atoms with E-state index in [0.29, 0.717) is 23.3 Å². The second-order valence-corrected chi connectivity index (χ2v) is 4.93. The maximum absolute atomic E-state index is 10.8. The van der Waals surface area contributed by atoms with E-state index in [0.717, 1.165) is 31.4 Å². The number of benzene rings is 1. The van der Waals surface area contributed by atoms with Crippen molar-refractivity contribution in [3.63, 3.8) is 0 Å². The van der Waals surface area contributed by atoms with Gasteiger partial charge in [0.15, 0.2) is 0 Å². The van der Waals surface area contributed by atoms with Gasteiger partial charge in [0.05, 0.1) is 17.4 Å². The van der Waals surface area contributed by atoms with Crippen LogP contribution in [-0.2, 0) is 4.74 Å². The van der Waals surface area contributed by atoms with Crippen LogP contribution in [0.5, 0.6) is 0 Å². The summed E-state index contributed by atoms with van der Waals surface area (Å²) in [7, 11) is 1.74. The van der Waals surface area contributed by atoms with Crippen molar-refractivity contribution in [1.29, 1.82) is 5.26 Å². The van der Waals surface area contributed by atoms with Crippen LogP contribution in [0.15, 0.2) is 18.2 Å². The molecule has 0 saturated carbocycles. The molecule has 1 aromatic rings. The number of ether oxygens (including phenoxy) is 1. The van der Waals surface area contributed by atoms with Crippen molar-refractivity contribution in [3.8, 4) is 6.07 Å². The minimum absolute atomic E-state index is 0.297. The van der Waals surface area contributed by atoms with E-state index in [9.17, 15) is 10.1 Å². The molecule has 0 radical (unpaired) electrons. The Kier molecular flexibility index (Phi) is 4.18. The van der Waals surface area contributed by atoms with Gasteiger partial charge in [0, 0.05) is 25.3 Å². The van der Waals surface area contributed by atoms with Crippen LogP contribution in [0.4, 0.5) is 5.69 Å². The Morgan fingerprint density at radius 2 is 2.32 bits per heavy atom. The van der Waals surface area contributed by atoms with Gasteiger partial charge in [-0.25, -0.2) is 0 Å². The molecule has 1 aliphatic heterocycles. The Balaban J connectivity index is 2.27. The molecule has 0 N–H and O–H groups in total. The Labute approximate surface area is 113 Å². The monoisotopic (exact) mass is 258 g/mol. The van der Waals surface area contributed by atoms with Gasteiger partial charge >= 0.3 is 0 Å². The quantitative estimate of drug-likeness (QED) is 0.781. The number of carbonyl (C=O) groups is 1. The first-order chi connectivity index (χ1) is 9.19. The van der Waals surface area contributed by atoms with E-state index in [1.165, 1.54) is 0 Å².